The van der Waals surface area contributed by atoms with Crippen molar-refractivity contribution < 1.29 is 0 Å². The summed E-state index contributed by atoms with van der Waals surface area (Å²) in [6, 6.07) is 43.6. The first kappa shape index (κ1) is 19.3. The molecule has 0 radical (unpaired) electrons. The average Bonchev–Trinajstić information content (AvgIpc) is 3.29. The highest BCUT2D eigenvalue weighted by Gasteiger charge is 2.12. The molecular weight excluding hydrogens is 430 g/mol. The maximum atomic E-state index is 3.72. The Labute approximate surface area is 201 Å². The number of thiophene rings is 1. The van der Waals surface area contributed by atoms with E-state index in [2.05, 4.69) is 127 Å². The summed E-state index contributed by atoms with van der Waals surface area (Å²) >= 11 is 1.88. The van der Waals surface area contributed by atoms with Crippen LogP contribution in [0, 0.1) is 0 Å². The lowest BCUT2D eigenvalue weighted by atomic mass is 9.98. The maximum Gasteiger partial charge on any atom is 0.0590 e. The second kappa shape index (κ2) is 7.72. The van der Waals surface area contributed by atoms with Gasteiger partial charge in [-0.2, -0.15) is 0 Å². The van der Waals surface area contributed by atoms with Crippen molar-refractivity contribution in [3.05, 3.63) is 121 Å². The fraction of sp³-hybridized carbons (Fsp3) is 0. The number of hydrogen-bond donors (Lipinski definition) is 1. The summed E-state index contributed by atoms with van der Waals surface area (Å²) in [7, 11) is 0. The van der Waals surface area contributed by atoms with Gasteiger partial charge in [-0.25, -0.2) is 0 Å². The molecule has 1 nitrogen and oxygen atoms in total. The number of benzene rings is 6. The van der Waals surface area contributed by atoms with E-state index >= 15 is 0 Å². The molecule has 0 atom stereocenters. The summed E-state index contributed by atoms with van der Waals surface area (Å²) in [6.45, 7) is 0. The molecule has 0 amide bonds. The Morgan fingerprint density at radius 2 is 1.15 bits per heavy atom. The van der Waals surface area contributed by atoms with Gasteiger partial charge in [-0.15, -0.1) is 11.3 Å². The topological polar surface area (TPSA) is 12.0 Å². The monoisotopic (exact) mass is 451 g/mol. The van der Waals surface area contributed by atoms with Gasteiger partial charge in [-0.1, -0.05) is 103 Å². The summed E-state index contributed by atoms with van der Waals surface area (Å²) in [5.74, 6) is 0. The zero-order chi connectivity index (χ0) is 22.5. The summed E-state index contributed by atoms with van der Waals surface area (Å²) < 4.78 is 2.65. The Kier molecular flexibility index (Phi) is 4.39. The molecular formula is C32H21NS. The first-order chi connectivity index (χ1) is 16.8. The highest BCUT2D eigenvalue weighted by Crippen LogP contribution is 2.42. The van der Waals surface area contributed by atoms with Gasteiger partial charge < -0.3 is 5.32 Å². The fourth-order valence-corrected chi connectivity index (χ4v) is 6.33. The Morgan fingerprint density at radius 1 is 0.471 bits per heavy atom. The first-order valence-corrected chi connectivity index (χ1v) is 12.3. The van der Waals surface area contributed by atoms with Crippen molar-refractivity contribution in [1.29, 1.82) is 0 Å². The van der Waals surface area contributed by atoms with Gasteiger partial charge in [0.1, 0.15) is 0 Å². The number of fused-ring (bicyclic) bond motifs is 6. The van der Waals surface area contributed by atoms with Crippen LogP contribution in [0.5, 0.6) is 0 Å². The molecule has 0 spiro atoms. The second-order valence-electron chi connectivity index (χ2n) is 8.68. The van der Waals surface area contributed by atoms with E-state index in [9.17, 15) is 0 Å². The molecule has 7 rings (SSSR count). The van der Waals surface area contributed by atoms with E-state index in [1.807, 2.05) is 11.3 Å². The van der Waals surface area contributed by atoms with Crippen LogP contribution in [0.15, 0.2) is 121 Å². The van der Waals surface area contributed by atoms with Crippen LogP contribution < -0.4 is 5.32 Å². The third-order valence-corrected chi connectivity index (χ3v) is 7.92. The molecule has 0 unspecified atom stereocenters. The van der Waals surface area contributed by atoms with Crippen molar-refractivity contribution in [3.63, 3.8) is 0 Å². The Hall–Kier alpha value is -4.14. The molecule has 7 aromatic rings. The van der Waals surface area contributed by atoms with Crippen molar-refractivity contribution in [2.45, 2.75) is 0 Å². The number of rotatable bonds is 3. The third-order valence-electron chi connectivity index (χ3n) is 6.63. The SMILES string of the molecule is c1cc(Nc2cccc3c2sc2c4ccccc4ccc32)cc(-c2cccc3ccccc23)c1. The predicted octanol–water partition coefficient (Wildman–Crippen LogP) is 9.77. The molecule has 0 saturated heterocycles. The van der Waals surface area contributed by atoms with E-state index in [0.717, 1.165) is 11.4 Å². The zero-order valence-electron chi connectivity index (χ0n) is 18.5. The van der Waals surface area contributed by atoms with Crippen LogP contribution in [0.1, 0.15) is 0 Å². The minimum Gasteiger partial charge on any atom is -0.354 e. The van der Waals surface area contributed by atoms with E-state index in [1.165, 1.54) is 52.8 Å². The Balaban J connectivity index is 1.35. The van der Waals surface area contributed by atoms with Crippen molar-refractivity contribution in [2.75, 3.05) is 5.32 Å². The normalized spacial score (nSPS) is 11.5. The standard InChI is InChI=1S/C32H21NS/c1-3-13-25-21(8-1)10-6-15-26(25)23-11-5-12-24(20-23)33-30-17-7-16-28-29-19-18-22-9-2-4-14-27(22)31(29)34-32(28)30/h1-20,33H. The summed E-state index contributed by atoms with van der Waals surface area (Å²) in [6.07, 6.45) is 0. The highest BCUT2D eigenvalue weighted by molar-refractivity contribution is 7.27. The lowest BCUT2D eigenvalue weighted by Crippen LogP contribution is -1.91. The van der Waals surface area contributed by atoms with Crippen molar-refractivity contribution in [3.8, 4) is 11.1 Å². The second-order valence-corrected chi connectivity index (χ2v) is 9.70. The fourth-order valence-electron chi connectivity index (χ4n) is 5.02. The smallest absolute Gasteiger partial charge is 0.0590 e. The predicted molar refractivity (Wildman–Crippen MR) is 150 cm³/mol. The van der Waals surface area contributed by atoms with Gasteiger partial charge in [-0.3, -0.25) is 0 Å². The van der Waals surface area contributed by atoms with Gasteiger partial charge in [0.05, 0.1) is 10.4 Å². The van der Waals surface area contributed by atoms with Crippen molar-refractivity contribution in [1.82, 2.24) is 0 Å². The molecule has 0 aliphatic heterocycles. The van der Waals surface area contributed by atoms with Gasteiger partial charge in [-0.05, 0) is 50.9 Å². The molecule has 6 aromatic carbocycles. The van der Waals surface area contributed by atoms with Gasteiger partial charge in [0.15, 0.2) is 0 Å². The molecule has 0 fully saturated rings. The Bertz CT molecular complexity index is 1840. The molecule has 1 heterocycles. The maximum absolute atomic E-state index is 3.72. The quantitative estimate of drug-likeness (QED) is 0.282. The molecule has 1 aromatic heterocycles. The van der Waals surface area contributed by atoms with E-state index < -0.39 is 0 Å². The lowest BCUT2D eigenvalue weighted by molar-refractivity contribution is 1.58. The van der Waals surface area contributed by atoms with E-state index in [-0.39, 0.29) is 0 Å². The van der Waals surface area contributed by atoms with Gasteiger partial charge >= 0.3 is 0 Å². The molecule has 0 aliphatic rings. The van der Waals surface area contributed by atoms with E-state index in [0.29, 0.717) is 0 Å². The van der Waals surface area contributed by atoms with Crippen LogP contribution in [0.2, 0.25) is 0 Å². The lowest BCUT2D eigenvalue weighted by Gasteiger charge is -2.11. The van der Waals surface area contributed by atoms with Crippen LogP contribution in [-0.2, 0) is 0 Å². The molecule has 0 bridgehead atoms. The minimum absolute atomic E-state index is 1.10. The number of nitrogens with one attached hydrogen (secondary N) is 1. The third kappa shape index (κ3) is 3.07. The van der Waals surface area contributed by atoms with Crippen LogP contribution in [-0.4, -0.2) is 0 Å². The first-order valence-electron chi connectivity index (χ1n) is 11.5. The Morgan fingerprint density at radius 3 is 2.06 bits per heavy atom. The van der Waals surface area contributed by atoms with Crippen molar-refractivity contribution in [2.24, 2.45) is 0 Å². The van der Waals surface area contributed by atoms with Gasteiger partial charge in [0.25, 0.3) is 0 Å². The molecule has 2 heteroatoms. The minimum atomic E-state index is 1.10. The number of hydrogen-bond acceptors (Lipinski definition) is 2. The van der Waals surface area contributed by atoms with Crippen LogP contribution >= 0.6 is 11.3 Å². The summed E-state index contributed by atoms with van der Waals surface area (Å²) in [5.41, 5.74) is 4.72. The van der Waals surface area contributed by atoms with Crippen molar-refractivity contribution >= 4 is 64.4 Å². The van der Waals surface area contributed by atoms with E-state index in [1.54, 1.807) is 0 Å². The largest absolute Gasteiger partial charge is 0.354 e. The van der Waals surface area contributed by atoms with Crippen LogP contribution in [0.25, 0.3) is 52.8 Å². The average molecular weight is 452 g/mol. The van der Waals surface area contributed by atoms with Crippen LogP contribution in [0.4, 0.5) is 11.4 Å². The molecule has 160 valence electrons. The van der Waals surface area contributed by atoms with E-state index in [4.69, 9.17) is 0 Å². The molecule has 0 aliphatic carbocycles. The summed E-state index contributed by atoms with van der Waals surface area (Å²) in [5, 5.41) is 11.5. The molecule has 34 heavy (non-hydrogen) atoms. The molecule has 0 saturated carbocycles. The zero-order valence-corrected chi connectivity index (χ0v) is 19.3. The summed E-state index contributed by atoms with van der Waals surface area (Å²) in [4.78, 5) is 0. The van der Waals surface area contributed by atoms with Gasteiger partial charge in [0.2, 0.25) is 0 Å². The molecule has 1 N–H and O–H groups in total. The van der Waals surface area contributed by atoms with Gasteiger partial charge in [0, 0.05) is 21.2 Å². The van der Waals surface area contributed by atoms with Crippen LogP contribution in [0.3, 0.4) is 0 Å². The number of anilines is 2. The highest BCUT2D eigenvalue weighted by atomic mass is 32.1.